The zero-order valence-electron chi connectivity index (χ0n) is 9.51. The van der Waals surface area contributed by atoms with E-state index in [4.69, 9.17) is 5.26 Å². The number of carbonyl (C=O) groups is 1. The Labute approximate surface area is 118 Å². The lowest BCUT2D eigenvalue weighted by Crippen LogP contribution is -2.13. The van der Waals surface area contributed by atoms with E-state index in [1.54, 1.807) is 31.4 Å². The van der Waals surface area contributed by atoms with Gasteiger partial charge in [0.25, 0.3) is 5.91 Å². The molecular formula is C12H9IN4O. The second kappa shape index (κ2) is 5.18. The SMILES string of the molecule is Cn1cc(C#N)c(NC(=O)c2cccc(I)c2)n1. The highest BCUT2D eigenvalue weighted by Gasteiger charge is 2.12. The minimum absolute atomic E-state index is 0.274. The van der Waals surface area contributed by atoms with E-state index >= 15 is 0 Å². The van der Waals surface area contributed by atoms with E-state index in [1.807, 2.05) is 12.1 Å². The van der Waals surface area contributed by atoms with Gasteiger partial charge < -0.3 is 5.32 Å². The lowest BCUT2D eigenvalue weighted by Gasteiger charge is -2.02. The van der Waals surface area contributed by atoms with Gasteiger partial charge in [-0.2, -0.15) is 10.4 Å². The van der Waals surface area contributed by atoms with E-state index in [-0.39, 0.29) is 11.7 Å². The molecule has 0 unspecified atom stereocenters. The van der Waals surface area contributed by atoms with Gasteiger partial charge in [0.2, 0.25) is 0 Å². The molecule has 18 heavy (non-hydrogen) atoms. The summed E-state index contributed by atoms with van der Waals surface area (Å²) in [5, 5.41) is 15.6. The van der Waals surface area contributed by atoms with Crippen LogP contribution in [0.1, 0.15) is 15.9 Å². The predicted molar refractivity (Wildman–Crippen MR) is 75.0 cm³/mol. The number of aryl methyl sites for hydroxylation is 1. The summed E-state index contributed by atoms with van der Waals surface area (Å²) in [5.41, 5.74) is 0.882. The molecule has 90 valence electrons. The van der Waals surface area contributed by atoms with Gasteiger partial charge in [-0.1, -0.05) is 6.07 Å². The zero-order valence-corrected chi connectivity index (χ0v) is 11.7. The Kier molecular flexibility index (Phi) is 3.62. The van der Waals surface area contributed by atoms with Gasteiger partial charge in [0.1, 0.15) is 11.6 Å². The monoisotopic (exact) mass is 352 g/mol. The van der Waals surface area contributed by atoms with Crippen molar-refractivity contribution in [3.63, 3.8) is 0 Å². The fraction of sp³-hybridized carbons (Fsp3) is 0.0833. The van der Waals surface area contributed by atoms with E-state index in [1.165, 1.54) is 4.68 Å². The Balaban J connectivity index is 2.24. The molecule has 1 aromatic carbocycles. The van der Waals surface area contributed by atoms with Crippen molar-refractivity contribution in [1.82, 2.24) is 9.78 Å². The van der Waals surface area contributed by atoms with E-state index in [2.05, 4.69) is 33.0 Å². The molecular weight excluding hydrogens is 343 g/mol. The van der Waals surface area contributed by atoms with E-state index < -0.39 is 0 Å². The molecule has 6 heteroatoms. The molecule has 1 heterocycles. The molecule has 2 aromatic rings. The molecule has 0 aliphatic carbocycles. The number of nitrogens with zero attached hydrogens (tertiary/aromatic N) is 3. The van der Waals surface area contributed by atoms with Crippen LogP contribution in [0.5, 0.6) is 0 Å². The van der Waals surface area contributed by atoms with Crippen molar-refractivity contribution in [2.24, 2.45) is 7.05 Å². The molecule has 0 spiro atoms. The van der Waals surface area contributed by atoms with E-state index in [9.17, 15) is 4.79 Å². The number of amides is 1. The molecule has 0 saturated carbocycles. The van der Waals surface area contributed by atoms with Crippen molar-refractivity contribution in [3.05, 3.63) is 45.2 Å². The molecule has 0 radical (unpaired) electrons. The van der Waals surface area contributed by atoms with Crippen LogP contribution in [0.3, 0.4) is 0 Å². The molecule has 5 nitrogen and oxygen atoms in total. The van der Waals surface area contributed by atoms with Gasteiger partial charge in [-0.05, 0) is 40.8 Å². The lowest BCUT2D eigenvalue weighted by atomic mass is 10.2. The van der Waals surface area contributed by atoms with Crippen LogP contribution in [-0.4, -0.2) is 15.7 Å². The number of halogens is 1. The molecule has 1 aromatic heterocycles. The van der Waals surface area contributed by atoms with Crippen molar-refractivity contribution in [2.45, 2.75) is 0 Å². The molecule has 0 atom stereocenters. The van der Waals surface area contributed by atoms with E-state index in [0.29, 0.717) is 11.1 Å². The third-order valence-electron chi connectivity index (χ3n) is 2.27. The van der Waals surface area contributed by atoms with Gasteiger partial charge in [-0.3, -0.25) is 9.48 Å². The van der Waals surface area contributed by atoms with Crippen molar-refractivity contribution in [1.29, 1.82) is 5.26 Å². The molecule has 0 bridgehead atoms. The minimum Gasteiger partial charge on any atom is -0.304 e. The maximum atomic E-state index is 12.0. The van der Waals surface area contributed by atoms with Crippen LogP contribution in [0.25, 0.3) is 0 Å². The number of hydrogen-bond donors (Lipinski definition) is 1. The summed E-state index contributed by atoms with van der Waals surface area (Å²) in [5.74, 6) is 0.00702. The second-order valence-electron chi connectivity index (χ2n) is 3.64. The molecule has 0 aliphatic rings. The third kappa shape index (κ3) is 2.68. The fourth-order valence-corrected chi connectivity index (χ4v) is 2.02. The van der Waals surface area contributed by atoms with Gasteiger partial charge in [0, 0.05) is 22.4 Å². The van der Waals surface area contributed by atoms with Crippen LogP contribution >= 0.6 is 22.6 Å². The molecule has 1 N–H and O–H groups in total. The molecule has 0 saturated heterocycles. The number of nitriles is 1. The zero-order chi connectivity index (χ0) is 13.1. The van der Waals surface area contributed by atoms with Gasteiger partial charge in [0.05, 0.1) is 0 Å². The highest BCUT2D eigenvalue weighted by molar-refractivity contribution is 14.1. The number of rotatable bonds is 2. The number of hydrogen-bond acceptors (Lipinski definition) is 3. The average molecular weight is 352 g/mol. The summed E-state index contributed by atoms with van der Waals surface area (Å²) in [6.07, 6.45) is 1.56. The highest BCUT2D eigenvalue weighted by Crippen LogP contribution is 2.14. The number of aromatic nitrogens is 2. The number of anilines is 1. The fourth-order valence-electron chi connectivity index (χ4n) is 1.47. The van der Waals surface area contributed by atoms with Crippen LogP contribution in [0.2, 0.25) is 0 Å². The first-order valence-electron chi connectivity index (χ1n) is 5.11. The van der Waals surface area contributed by atoms with Crippen LogP contribution < -0.4 is 5.32 Å². The van der Waals surface area contributed by atoms with Gasteiger partial charge >= 0.3 is 0 Å². The van der Waals surface area contributed by atoms with Gasteiger partial charge in [-0.15, -0.1) is 0 Å². The summed E-state index contributed by atoms with van der Waals surface area (Å²) in [6.45, 7) is 0. The highest BCUT2D eigenvalue weighted by atomic mass is 127. The normalized spacial score (nSPS) is 9.83. The molecule has 2 rings (SSSR count). The van der Waals surface area contributed by atoms with Crippen molar-refractivity contribution in [3.8, 4) is 6.07 Å². The van der Waals surface area contributed by atoms with Crippen molar-refractivity contribution in [2.75, 3.05) is 5.32 Å². The molecule has 0 aliphatic heterocycles. The van der Waals surface area contributed by atoms with E-state index in [0.717, 1.165) is 3.57 Å². The third-order valence-corrected chi connectivity index (χ3v) is 2.94. The topological polar surface area (TPSA) is 70.7 Å². The first-order valence-corrected chi connectivity index (χ1v) is 6.18. The smallest absolute Gasteiger partial charge is 0.256 e. The Morgan fingerprint density at radius 2 is 2.33 bits per heavy atom. The maximum absolute atomic E-state index is 12.0. The summed E-state index contributed by atoms with van der Waals surface area (Å²) in [6, 6.07) is 9.18. The largest absolute Gasteiger partial charge is 0.304 e. The second-order valence-corrected chi connectivity index (χ2v) is 4.89. The summed E-state index contributed by atoms with van der Waals surface area (Å²) in [4.78, 5) is 12.0. The van der Waals surface area contributed by atoms with Gasteiger partial charge in [-0.25, -0.2) is 0 Å². The van der Waals surface area contributed by atoms with Crippen LogP contribution in [0.15, 0.2) is 30.5 Å². The number of benzene rings is 1. The van der Waals surface area contributed by atoms with Crippen LogP contribution in [0.4, 0.5) is 5.82 Å². The first-order chi connectivity index (χ1) is 8.60. The first kappa shape index (κ1) is 12.6. The minimum atomic E-state index is -0.274. The van der Waals surface area contributed by atoms with Gasteiger partial charge in [0.15, 0.2) is 5.82 Å². The van der Waals surface area contributed by atoms with Crippen molar-refractivity contribution < 1.29 is 4.79 Å². The Morgan fingerprint density at radius 3 is 3.00 bits per heavy atom. The van der Waals surface area contributed by atoms with Crippen LogP contribution in [0, 0.1) is 14.9 Å². The molecule has 0 fully saturated rings. The van der Waals surface area contributed by atoms with Crippen molar-refractivity contribution >= 4 is 34.3 Å². The lowest BCUT2D eigenvalue weighted by molar-refractivity contribution is 0.102. The standard InChI is InChI=1S/C12H9IN4O/c1-17-7-9(6-14)11(16-17)15-12(18)8-3-2-4-10(13)5-8/h2-5,7H,1H3,(H,15,16,18). The Hall–Kier alpha value is -1.88. The van der Waals surface area contributed by atoms with Crippen LogP contribution in [-0.2, 0) is 7.05 Å². The Morgan fingerprint density at radius 1 is 1.56 bits per heavy atom. The average Bonchev–Trinajstić information content (AvgIpc) is 2.69. The summed E-state index contributed by atoms with van der Waals surface area (Å²) < 4.78 is 2.46. The Bertz CT molecular complexity index is 642. The molecule has 1 amide bonds. The summed E-state index contributed by atoms with van der Waals surface area (Å²) >= 11 is 2.14. The quantitative estimate of drug-likeness (QED) is 0.842. The predicted octanol–water partition coefficient (Wildman–Crippen LogP) is 2.15. The number of nitrogens with one attached hydrogen (secondary N) is 1. The number of carbonyl (C=O) groups excluding carboxylic acids is 1. The summed E-state index contributed by atoms with van der Waals surface area (Å²) in [7, 11) is 1.70. The maximum Gasteiger partial charge on any atom is 0.256 e.